The summed E-state index contributed by atoms with van der Waals surface area (Å²) in [5.74, 6) is -0.341. The number of hydrogen-bond acceptors (Lipinski definition) is 3. The number of aromatic nitrogens is 1. The lowest BCUT2D eigenvalue weighted by Gasteiger charge is -2.37. The van der Waals surface area contributed by atoms with Gasteiger partial charge in [0.05, 0.1) is 11.1 Å². The van der Waals surface area contributed by atoms with Crippen molar-refractivity contribution in [3.8, 4) is 6.07 Å². The molecule has 1 heterocycles. The van der Waals surface area contributed by atoms with Gasteiger partial charge in [0.1, 0.15) is 6.07 Å². The molecule has 0 aliphatic heterocycles. The average molecular weight is 345 g/mol. The molecule has 1 aromatic carbocycles. The first-order chi connectivity index (χ1) is 11.9. The fourth-order valence-corrected chi connectivity index (χ4v) is 2.92. The smallest absolute Gasteiger partial charge is 0.349 e. The molecule has 128 valence electrons. The van der Waals surface area contributed by atoms with Crippen LogP contribution in [0.1, 0.15) is 45.9 Å². The molecule has 0 radical (unpaired) electrons. The standard InChI is InChI=1S/C18H14F3N3O/c19-18(20,21)16-12(9-22)8-13(10-23-16)17(25)24-15-7-6-14(15)11-4-2-1-3-5-11/h1-5,8,10,14-15H,6-7H2,(H,24,25)/t14-,15-/m1/s1. The highest BCUT2D eigenvalue weighted by Gasteiger charge is 2.37. The van der Waals surface area contributed by atoms with Crippen LogP contribution < -0.4 is 5.32 Å². The lowest BCUT2D eigenvalue weighted by molar-refractivity contribution is -0.141. The minimum Gasteiger partial charge on any atom is -0.349 e. The van der Waals surface area contributed by atoms with E-state index < -0.39 is 23.3 Å². The number of nitrogens with one attached hydrogen (secondary N) is 1. The van der Waals surface area contributed by atoms with Crippen LogP contribution in [-0.4, -0.2) is 16.9 Å². The monoisotopic (exact) mass is 345 g/mol. The van der Waals surface area contributed by atoms with Gasteiger partial charge in [0, 0.05) is 18.2 Å². The van der Waals surface area contributed by atoms with E-state index in [1.165, 1.54) is 6.07 Å². The van der Waals surface area contributed by atoms with Crippen molar-refractivity contribution in [1.29, 1.82) is 5.26 Å². The topological polar surface area (TPSA) is 65.8 Å². The van der Waals surface area contributed by atoms with E-state index >= 15 is 0 Å². The summed E-state index contributed by atoms with van der Waals surface area (Å²) in [6.07, 6.45) is -2.14. The first kappa shape index (κ1) is 17.0. The van der Waals surface area contributed by atoms with Crippen molar-refractivity contribution in [2.75, 3.05) is 0 Å². The van der Waals surface area contributed by atoms with Gasteiger partial charge in [0.15, 0.2) is 5.69 Å². The number of carbonyl (C=O) groups is 1. The summed E-state index contributed by atoms with van der Waals surface area (Å²) in [4.78, 5) is 15.6. The van der Waals surface area contributed by atoms with Gasteiger partial charge in [-0.05, 0) is 24.5 Å². The van der Waals surface area contributed by atoms with Crippen LogP contribution in [0.3, 0.4) is 0 Å². The molecule has 2 aromatic rings. The Morgan fingerprint density at radius 2 is 1.96 bits per heavy atom. The minimum atomic E-state index is -4.73. The van der Waals surface area contributed by atoms with Crippen molar-refractivity contribution >= 4 is 5.91 Å². The van der Waals surface area contributed by atoms with E-state index in [-0.39, 0.29) is 17.5 Å². The van der Waals surface area contributed by atoms with Gasteiger partial charge in [0.2, 0.25) is 0 Å². The van der Waals surface area contributed by atoms with Gasteiger partial charge in [-0.15, -0.1) is 0 Å². The molecule has 1 amide bonds. The van der Waals surface area contributed by atoms with Gasteiger partial charge in [0.25, 0.3) is 5.91 Å². The molecule has 4 nitrogen and oxygen atoms in total. The van der Waals surface area contributed by atoms with E-state index in [9.17, 15) is 18.0 Å². The summed E-state index contributed by atoms with van der Waals surface area (Å²) in [7, 11) is 0. The number of nitriles is 1. The van der Waals surface area contributed by atoms with Gasteiger partial charge < -0.3 is 5.32 Å². The summed E-state index contributed by atoms with van der Waals surface area (Å²) in [5.41, 5.74) is -0.878. The van der Waals surface area contributed by atoms with E-state index in [4.69, 9.17) is 5.26 Å². The molecule has 1 fully saturated rings. The van der Waals surface area contributed by atoms with Crippen LogP contribution in [0.15, 0.2) is 42.6 Å². The summed E-state index contributed by atoms with van der Waals surface area (Å²) >= 11 is 0. The van der Waals surface area contributed by atoms with Crippen LogP contribution >= 0.6 is 0 Å². The molecule has 0 spiro atoms. The van der Waals surface area contributed by atoms with Crippen LogP contribution in [0.4, 0.5) is 13.2 Å². The maximum absolute atomic E-state index is 12.8. The first-order valence-corrected chi connectivity index (χ1v) is 7.73. The number of halogens is 3. The van der Waals surface area contributed by atoms with Crippen LogP contribution in [0.2, 0.25) is 0 Å². The number of benzene rings is 1. The number of rotatable bonds is 3. The zero-order chi connectivity index (χ0) is 18.0. The Bertz CT molecular complexity index is 828. The molecule has 1 aromatic heterocycles. The molecule has 2 atom stereocenters. The van der Waals surface area contributed by atoms with Gasteiger partial charge >= 0.3 is 6.18 Å². The zero-order valence-corrected chi connectivity index (χ0v) is 13.0. The molecule has 1 aliphatic rings. The highest BCUT2D eigenvalue weighted by atomic mass is 19.4. The van der Waals surface area contributed by atoms with Crippen LogP contribution in [0.5, 0.6) is 0 Å². The normalized spacial score (nSPS) is 19.6. The van der Waals surface area contributed by atoms with Crippen LogP contribution in [0, 0.1) is 11.3 Å². The highest BCUT2D eigenvalue weighted by Crippen LogP contribution is 2.37. The van der Waals surface area contributed by atoms with Crippen LogP contribution in [0.25, 0.3) is 0 Å². The van der Waals surface area contributed by atoms with Crippen molar-refractivity contribution in [2.24, 2.45) is 0 Å². The molecule has 25 heavy (non-hydrogen) atoms. The molecule has 0 bridgehead atoms. The maximum atomic E-state index is 12.8. The van der Waals surface area contributed by atoms with Gasteiger partial charge in [-0.25, -0.2) is 4.98 Å². The Kier molecular flexibility index (Phi) is 4.45. The average Bonchev–Trinajstić information content (AvgIpc) is 2.58. The fourth-order valence-electron chi connectivity index (χ4n) is 2.92. The van der Waals surface area contributed by atoms with E-state index in [0.29, 0.717) is 0 Å². The minimum absolute atomic E-state index is 0.0525. The summed E-state index contributed by atoms with van der Waals surface area (Å²) in [5, 5.41) is 11.7. The fraction of sp³-hybridized carbons (Fsp3) is 0.278. The summed E-state index contributed by atoms with van der Waals surface area (Å²) in [6.45, 7) is 0. The Labute approximate surface area is 142 Å². The number of amides is 1. The van der Waals surface area contributed by atoms with E-state index in [1.807, 2.05) is 30.3 Å². The quantitative estimate of drug-likeness (QED) is 0.923. The van der Waals surface area contributed by atoms with E-state index in [1.54, 1.807) is 0 Å². The Hall–Kier alpha value is -2.88. The molecule has 0 saturated heterocycles. The van der Waals surface area contributed by atoms with Crippen molar-refractivity contribution in [3.63, 3.8) is 0 Å². The Balaban J connectivity index is 1.75. The number of pyridine rings is 1. The Morgan fingerprint density at radius 1 is 1.24 bits per heavy atom. The third-order valence-corrected chi connectivity index (χ3v) is 4.36. The molecule has 0 unspecified atom stereocenters. The molecule has 1 saturated carbocycles. The SMILES string of the molecule is N#Cc1cc(C(=O)N[C@@H]2CC[C@@H]2c2ccccc2)cnc1C(F)(F)F. The van der Waals surface area contributed by atoms with E-state index in [2.05, 4.69) is 10.3 Å². The van der Waals surface area contributed by atoms with Crippen molar-refractivity contribution < 1.29 is 18.0 Å². The van der Waals surface area contributed by atoms with Gasteiger partial charge in [-0.1, -0.05) is 30.3 Å². The third kappa shape index (κ3) is 3.48. The summed E-state index contributed by atoms with van der Waals surface area (Å²) < 4.78 is 38.3. The number of hydrogen-bond donors (Lipinski definition) is 1. The maximum Gasteiger partial charge on any atom is 0.434 e. The molecule has 7 heteroatoms. The molecular weight excluding hydrogens is 331 g/mol. The Morgan fingerprint density at radius 3 is 2.52 bits per heavy atom. The largest absolute Gasteiger partial charge is 0.434 e. The highest BCUT2D eigenvalue weighted by molar-refractivity contribution is 5.94. The lowest BCUT2D eigenvalue weighted by Crippen LogP contribution is -2.45. The zero-order valence-electron chi connectivity index (χ0n) is 13.0. The second kappa shape index (κ2) is 6.55. The molecule has 1 aliphatic carbocycles. The predicted molar refractivity (Wildman–Crippen MR) is 83.6 cm³/mol. The molecule has 3 rings (SSSR count). The van der Waals surface area contributed by atoms with Crippen molar-refractivity contribution in [1.82, 2.24) is 10.3 Å². The predicted octanol–water partition coefficient (Wildman–Crippen LogP) is 3.65. The van der Waals surface area contributed by atoms with Crippen LogP contribution in [-0.2, 0) is 6.18 Å². The van der Waals surface area contributed by atoms with Crippen molar-refractivity contribution in [3.05, 3.63) is 65.0 Å². The summed E-state index contributed by atoms with van der Waals surface area (Å²) in [6, 6.07) is 12.0. The number of nitrogens with zero attached hydrogens (tertiary/aromatic N) is 2. The van der Waals surface area contributed by atoms with Gasteiger partial charge in [-0.2, -0.15) is 18.4 Å². The molecule has 1 N–H and O–H groups in total. The lowest BCUT2D eigenvalue weighted by atomic mass is 9.75. The van der Waals surface area contributed by atoms with Crippen molar-refractivity contribution in [2.45, 2.75) is 31.0 Å². The number of carbonyl (C=O) groups excluding carboxylic acids is 1. The van der Waals surface area contributed by atoms with E-state index in [0.717, 1.165) is 30.7 Å². The number of alkyl halides is 3. The third-order valence-electron chi connectivity index (χ3n) is 4.36. The first-order valence-electron chi connectivity index (χ1n) is 7.73. The molecular formula is C18H14F3N3O. The second-order valence-corrected chi connectivity index (χ2v) is 5.90. The second-order valence-electron chi connectivity index (χ2n) is 5.90. The van der Waals surface area contributed by atoms with Gasteiger partial charge in [-0.3, -0.25) is 4.79 Å².